The van der Waals surface area contributed by atoms with E-state index in [0.29, 0.717) is 30.1 Å². The number of amides is 1. The largest absolute Gasteiger partial charge is 0.490 e. The van der Waals surface area contributed by atoms with Gasteiger partial charge in [0, 0.05) is 0 Å². The van der Waals surface area contributed by atoms with Crippen LogP contribution in [0.1, 0.15) is 16.1 Å². The predicted molar refractivity (Wildman–Crippen MR) is 77.0 cm³/mol. The van der Waals surface area contributed by atoms with Gasteiger partial charge in [0.1, 0.15) is 12.4 Å². The summed E-state index contributed by atoms with van der Waals surface area (Å²) in [6.45, 7) is 2.81. The smallest absolute Gasteiger partial charge is 0.260 e. The van der Waals surface area contributed by atoms with Crippen LogP contribution < -0.4 is 15.4 Å². The summed E-state index contributed by atoms with van der Waals surface area (Å²) in [6, 6.07) is 9.18. The van der Waals surface area contributed by atoms with Crippen LogP contribution in [0.15, 0.2) is 36.5 Å². The molecule has 0 spiro atoms. The van der Waals surface area contributed by atoms with Crippen molar-refractivity contribution in [2.24, 2.45) is 0 Å². The molecule has 1 aromatic heterocycles. The molecule has 1 aliphatic heterocycles. The van der Waals surface area contributed by atoms with E-state index < -0.39 is 0 Å². The van der Waals surface area contributed by atoms with Crippen LogP contribution in [0.5, 0.6) is 5.75 Å². The first-order chi connectivity index (χ1) is 9.66. The Morgan fingerprint density at radius 1 is 1.40 bits per heavy atom. The van der Waals surface area contributed by atoms with Gasteiger partial charge in [-0.1, -0.05) is 12.1 Å². The summed E-state index contributed by atoms with van der Waals surface area (Å²) in [4.78, 5) is 18.6. The first-order valence-electron chi connectivity index (χ1n) is 6.42. The lowest BCUT2D eigenvalue weighted by molar-refractivity contribution is 0.0975. The molecule has 102 valence electrons. The highest BCUT2D eigenvalue weighted by molar-refractivity contribution is 6.08. The minimum absolute atomic E-state index is 0.0990. The number of aromatic nitrogens is 1. The maximum atomic E-state index is 12.7. The van der Waals surface area contributed by atoms with Crippen molar-refractivity contribution in [2.45, 2.75) is 6.92 Å². The number of anilines is 2. The predicted octanol–water partition coefficient (Wildman–Crippen LogP) is 2.01. The fraction of sp³-hybridized carbons (Fsp3) is 0.200. The van der Waals surface area contributed by atoms with E-state index >= 15 is 0 Å². The van der Waals surface area contributed by atoms with Crippen molar-refractivity contribution < 1.29 is 9.53 Å². The van der Waals surface area contributed by atoms with Gasteiger partial charge >= 0.3 is 0 Å². The third-order valence-electron chi connectivity index (χ3n) is 3.31. The van der Waals surface area contributed by atoms with Crippen LogP contribution in [0, 0.1) is 6.92 Å². The number of para-hydroxylation sites is 2. The fourth-order valence-electron chi connectivity index (χ4n) is 2.29. The SMILES string of the molecule is Cc1ncc(N)cc1C(=O)N1CCOc2ccccc21. The number of nitrogen functional groups attached to an aromatic ring is 1. The second kappa shape index (κ2) is 4.85. The lowest BCUT2D eigenvalue weighted by Crippen LogP contribution is -2.38. The number of nitrogens with zero attached hydrogens (tertiary/aromatic N) is 2. The second-order valence-electron chi connectivity index (χ2n) is 4.67. The van der Waals surface area contributed by atoms with Crippen LogP contribution >= 0.6 is 0 Å². The number of pyridine rings is 1. The molecule has 5 nitrogen and oxygen atoms in total. The quantitative estimate of drug-likeness (QED) is 0.860. The molecule has 1 aromatic carbocycles. The minimum Gasteiger partial charge on any atom is -0.490 e. The molecule has 0 radical (unpaired) electrons. The summed E-state index contributed by atoms with van der Waals surface area (Å²) >= 11 is 0. The van der Waals surface area contributed by atoms with Gasteiger partial charge in [0.2, 0.25) is 0 Å². The molecule has 0 bridgehead atoms. The van der Waals surface area contributed by atoms with Crippen LogP contribution in [-0.2, 0) is 0 Å². The van der Waals surface area contributed by atoms with Crippen molar-refractivity contribution in [3.05, 3.63) is 47.8 Å². The Morgan fingerprint density at radius 3 is 3.05 bits per heavy atom. The Kier molecular flexibility index (Phi) is 3.02. The van der Waals surface area contributed by atoms with Crippen LogP contribution in [0.4, 0.5) is 11.4 Å². The van der Waals surface area contributed by atoms with Crippen molar-refractivity contribution in [1.82, 2.24) is 4.98 Å². The van der Waals surface area contributed by atoms with Crippen molar-refractivity contribution in [2.75, 3.05) is 23.8 Å². The zero-order valence-electron chi connectivity index (χ0n) is 11.2. The standard InChI is InChI=1S/C15H15N3O2/c1-10-12(8-11(16)9-17-10)15(19)18-6-7-20-14-5-3-2-4-13(14)18/h2-5,8-9H,6-7,16H2,1H3. The Morgan fingerprint density at radius 2 is 2.20 bits per heavy atom. The molecule has 0 aliphatic carbocycles. The molecule has 20 heavy (non-hydrogen) atoms. The Balaban J connectivity index is 2.02. The zero-order chi connectivity index (χ0) is 14.1. The molecule has 1 aliphatic rings. The molecule has 0 unspecified atom stereocenters. The number of nitrogens with two attached hydrogens (primary N) is 1. The van der Waals surface area contributed by atoms with Crippen molar-refractivity contribution in [3.63, 3.8) is 0 Å². The average molecular weight is 269 g/mol. The molecule has 0 fully saturated rings. The van der Waals surface area contributed by atoms with Crippen LogP contribution in [0.3, 0.4) is 0 Å². The molecule has 2 N–H and O–H groups in total. The van der Waals surface area contributed by atoms with Gasteiger partial charge in [-0.15, -0.1) is 0 Å². The van der Waals surface area contributed by atoms with E-state index in [1.54, 1.807) is 24.1 Å². The molecule has 1 amide bonds. The van der Waals surface area contributed by atoms with E-state index in [-0.39, 0.29) is 5.91 Å². The van der Waals surface area contributed by atoms with E-state index in [2.05, 4.69) is 4.98 Å². The minimum atomic E-state index is -0.0990. The number of fused-ring (bicyclic) bond motifs is 1. The molecule has 3 rings (SSSR count). The number of aryl methyl sites for hydroxylation is 1. The zero-order valence-corrected chi connectivity index (χ0v) is 11.2. The number of carbonyl (C=O) groups excluding carboxylic acids is 1. The van der Waals surface area contributed by atoms with Gasteiger partial charge in [-0.05, 0) is 25.1 Å². The van der Waals surface area contributed by atoms with E-state index in [1.165, 1.54) is 0 Å². The van der Waals surface area contributed by atoms with Gasteiger partial charge in [-0.3, -0.25) is 9.78 Å². The first kappa shape index (κ1) is 12.5. The van der Waals surface area contributed by atoms with Gasteiger partial charge in [0.25, 0.3) is 5.91 Å². The van der Waals surface area contributed by atoms with E-state index in [1.807, 2.05) is 24.3 Å². The highest BCUT2D eigenvalue weighted by atomic mass is 16.5. The summed E-state index contributed by atoms with van der Waals surface area (Å²) in [5.41, 5.74) is 8.20. The first-order valence-corrected chi connectivity index (χ1v) is 6.42. The molecule has 0 saturated heterocycles. The third-order valence-corrected chi connectivity index (χ3v) is 3.31. The van der Waals surface area contributed by atoms with Crippen molar-refractivity contribution in [3.8, 4) is 5.75 Å². The molecule has 0 atom stereocenters. The topological polar surface area (TPSA) is 68.5 Å². The molecule has 5 heteroatoms. The lowest BCUT2D eigenvalue weighted by atomic mass is 10.1. The fourth-order valence-corrected chi connectivity index (χ4v) is 2.29. The van der Waals surface area contributed by atoms with Crippen molar-refractivity contribution >= 4 is 17.3 Å². The van der Waals surface area contributed by atoms with Crippen LogP contribution in [0.2, 0.25) is 0 Å². The Bertz CT molecular complexity index is 670. The molecular formula is C15H15N3O2. The second-order valence-corrected chi connectivity index (χ2v) is 4.67. The molecule has 2 heterocycles. The monoisotopic (exact) mass is 269 g/mol. The third kappa shape index (κ3) is 2.07. The summed E-state index contributed by atoms with van der Waals surface area (Å²) in [5, 5.41) is 0. The lowest BCUT2D eigenvalue weighted by Gasteiger charge is -2.29. The summed E-state index contributed by atoms with van der Waals surface area (Å²) < 4.78 is 5.56. The summed E-state index contributed by atoms with van der Waals surface area (Å²) in [7, 11) is 0. The highest BCUT2D eigenvalue weighted by Gasteiger charge is 2.25. The molecular weight excluding hydrogens is 254 g/mol. The molecule has 2 aromatic rings. The van der Waals surface area contributed by atoms with Crippen LogP contribution in [0.25, 0.3) is 0 Å². The number of benzene rings is 1. The van der Waals surface area contributed by atoms with Gasteiger partial charge < -0.3 is 15.4 Å². The Labute approximate surface area is 117 Å². The average Bonchev–Trinajstić information content (AvgIpc) is 2.48. The maximum absolute atomic E-state index is 12.7. The maximum Gasteiger partial charge on any atom is 0.260 e. The van der Waals surface area contributed by atoms with Gasteiger partial charge in [0.05, 0.1) is 35.4 Å². The number of rotatable bonds is 1. The number of ether oxygens (including phenoxy) is 1. The van der Waals surface area contributed by atoms with E-state index in [9.17, 15) is 4.79 Å². The van der Waals surface area contributed by atoms with Gasteiger partial charge in [-0.25, -0.2) is 0 Å². The summed E-state index contributed by atoms with van der Waals surface area (Å²) in [5.74, 6) is 0.625. The van der Waals surface area contributed by atoms with Crippen LogP contribution in [-0.4, -0.2) is 24.0 Å². The normalized spacial score (nSPS) is 13.6. The highest BCUT2D eigenvalue weighted by Crippen LogP contribution is 2.32. The van der Waals surface area contributed by atoms with E-state index in [4.69, 9.17) is 10.5 Å². The van der Waals surface area contributed by atoms with Gasteiger partial charge in [0.15, 0.2) is 0 Å². The number of hydrogen-bond acceptors (Lipinski definition) is 4. The number of hydrogen-bond donors (Lipinski definition) is 1. The summed E-state index contributed by atoms with van der Waals surface area (Å²) in [6.07, 6.45) is 1.55. The molecule has 0 saturated carbocycles. The van der Waals surface area contributed by atoms with E-state index in [0.717, 1.165) is 11.4 Å². The van der Waals surface area contributed by atoms with Gasteiger partial charge in [-0.2, -0.15) is 0 Å². The number of carbonyl (C=O) groups is 1. The Hall–Kier alpha value is -2.56. The van der Waals surface area contributed by atoms with Crippen molar-refractivity contribution in [1.29, 1.82) is 0 Å².